The van der Waals surface area contributed by atoms with Gasteiger partial charge in [-0.15, -0.1) is 0 Å². The van der Waals surface area contributed by atoms with E-state index < -0.39 is 6.10 Å². The van der Waals surface area contributed by atoms with Gasteiger partial charge >= 0.3 is 0 Å². The standard InChI is InChI=1S/C13H26N2O3/c1-3-4-11-7-13(17)15(9-11)10-12(16)8-14-5-6-18-2/h11-12,14,16H,3-10H2,1-2H3. The van der Waals surface area contributed by atoms with E-state index in [0.29, 0.717) is 32.0 Å². The number of likely N-dealkylation sites (tertiary alicyclic amines) is 1. The molecule has 1 rings (SSSR count). The quantitative estimate of drug-likeness (QED) is 0.581. The molecule has 18 heavy (non-hydrogen) atoms. The summed E-state index contributed by atoms with van der Waals surface area (Å²) in [5, 5.41) is 12.9. The third-order valence-electron chi connectivity index (χ3n) is 3.29. The van der Waals surface area contributed by atoms with Gasteiger partial charge in [0, 0.05) is 39.7 Å². The van der Waals surface area contributed by atoms with Crippen LogP contribution in [0.4, 0.5) is 0 Å². The zero-order valence-corrected chi connectivity index (χ0v) is 11.5. The molecule has 106 valence electrons. The van der Waals surface area contributed by atoms with E-state index in [0.717, 1.165) is 25.9 Å². The molecule has 2 N–H and O–H groups in total. The Labute approximate surface area is 109 Å². The second-order valence-corrected chi connectivity index (χ2v) is 5.01. The van der Waals surface area contributed by atoms with Gasteiger partial charge in [0.25, 0.3) is 0 Å². The molecule has 0 aromatic carbocycles. The van der Waals surface area contributed by atoms with Crippen molar-refractivity contribution in [2.24, 2.45) is 5.92 Å². The lowest BCUT2D eigenvalue weighted by Crippen LogP contribution is -2.39. The molecule has 0 radical (unpaired) electrons. The zero-order valence-electron chi connectivity index (χ0n) is 11.5. The van der Waals surface area contributed by atoms with Gasteiger partial charge in [-0.05, 0) is 12.3 Å². The first-order valence-electron chi connectivity index (χ1n) is 6.82. The van der Waals surface area contributed by atoms with Crippen LogP contribution in [0.15, 0.2) is 0 Å². The molecule has 1 aliphatic heterocycles. The number of amides is 1. The van der Waals surface area contributed by atoms with Crippen LogP contribution >= 0.6 is 0 Å². The van der Waals surface area contributed by atoms with Gasteiger partial charge < -0.3 is 20.1 Å². The highest BCUT2D eigenvalue weighted by Crippen LogP contribution is 2.21. The van der Waals surface area contributed by atoms with Gasteiger partial charge in [0.1, 0.15) is 0 Å². The number of hydrogen-bond acceptors (Lipinski definition) is 4. The Morgan fingerprint density at radius 1 is 1.61 bits per heavy atom. The minimum atomic E-state index is -0.494. The van der Waals surface area contributed by atoms with E-state index in [1.807, 2.05) is 0 Å². The minimum absolute atomic E-state index is 0.185. The van der Waals surface area contributed by atoms with Crippen LogP contribution in [0.25, 0.3) is 0 Å². The smallest absolute Gasteiger partial charge is 0.223 e. The summed E-state index contributed by atoms with van der Waals surface area (Å²) in [7, 11) is 1.65. The van der Waals surface area contributed by atoms with E-state index in [4.69, 9.17) is 4.74 Å². The molecule has 0 saturated carbocycles. The first kappa shape index (κ1) is 15.4. The minimum Gasteiger partial charge on any atom is -0.390 e. The fourth-order valence-corrected chi connectivity index (χ4v) is 2.39. The summed E-state index contributed by atoms with van der Waals surface area (Å²) in [4.78, 5) is 13.5. The normalized spacial score (nSPS) is 21.6. The van der Waals surface area contributed by atoms with Crippen molar-refractivity contribution in [3.8, 4) is 0 Å². The number of ether oxygens (including phenoxy) is 1. The van der Waals surface area contributed by atoms with E-state index in [1.165, 1.54) is 0 Å². The van der Waals surface area contributed by atoms with Crippen molar-refractivity contribution in [3.05, 3.63) is 0 Å². The average molecular weight is 258 g/mol. The summed E-state index contributed by atoms with van der Waals surface area (Å²) < 4.78 is 4.91. The van der Waals surface area contributed by atoms with Crippen LogP contribution < -0.4 is 5.32 Å². The molecular weight excluding hydrogens is 232 g/mol. The second kappa shape index (κ2) is 8.45. The highest BCUT2D eigenvalue weighted by Gasteiger charge is 2.29. The molecule has 1 fully saturated rings. The number of carbonyl (C=O) groups is 1. The van der Waals surface area contributed by atoms with E-state index in [-0.39, 0.29) is 5.91 Å². The van der Waals surface area contributed by atoms with Gasteiger partial charge in [0.05, 0.1) is 12.7 Å². The summed E-state index contributed by atoms with van der Waals surface area (Å²) in [6.07, 6.45) is 2.38. The number of aliphatic hydroxyl groups excluding tert-OH is 1. The highest BCUT2D eigenvalue weighted by atomic mass is 16.5. The first-order valence-corrected chi connectivity index (χ1v) is 6.82. The van der Waals surface area contributed by atoms with Crippen LogP contribution in [-0.2, 0) is 9.53 Å². The monoisotopic (exact) mass is 258 g/mol. The Kier molecular flexibility index (Phi) is 7.23. The molecule has 0 bridgehead atoms. The van der Waals surface area contributed by atoms with Crippen LogP contribution in [-0.4, -0.2) is 61.9 Å². The topological polar surface area (TPSA) is 61.8 Å². The molecule has 2 unspecified atom stereocenters. The maximum atomic E-state index is 11.7. The van der Waals surface area contributed by atoms with Crippen molar-refractivity contribution in [3.63, 3.8) is 0 Å². The summed E-state index contributed by atoms with van der Waals surface area (Å²) in [5.41, 5.74) is 0. The number of β-amino-alcohol motifs (C(OH)–C–C–N with tert-alkyl or cyclic N) is 1. The first-order chi connectivity index (χ1) is 8.67. The number of hydrogen-bond donors (Lipinski definition) is 2. The molecule has 1 aliphatic rings. The summed E-state index contributed by atoms with van der Waals surface area (Å²) >= 11 is 0. The molecular formula is C13H26N2O3. The number of carbonyl (C=O) groups excluding carboxylic acids is 1. The Morgan fingerprint density at radius 3 is 3.06 bits per heavy atom. The number of aliphatic hydroxyl groups is 1. The lowest BCUT2D eigenvalue weighted by molar-refractivity contribution is -0.128. The second-order valence-electron chi connectivity index (χ2n) is 5.01. The highest BCUT2D eigenvalue weighted by molar-refractivity contribution is 5.78. The number of nitrogens with zero attached hydrogens (tertiary/aromatic N) is 1. The fourth-order valence-electron chi connectivity index (χ4n) is 2.39. The van der Waals surface area contributed by atoms with Crippen LogP contribution in [0.1, 0.15) is 26.2 Å². The molecule has 0 aromatic rings. The molecule has 2 atom stereocenters. The summed E-state index contributed by atoms with van der Waals surface area (Å²) in [5.74, 6) is 0.667. The molecule has 0 aromatic heterocycles. The molecule has 0 aliphatic carbocycles. The van der Waals surface area contributed by atoms with Gasteiger partial charge in [-0.2, -0.15) is 0 Å². The van der Waals surface area contributed by atoms with Crippen molar-refractivity contribution >= 4 is 5.91 Å². The lowest BCUT2D eigenvalue weighted by atomic mass is 10.0. The molecule has 5 nitrogen and oxygen atoms in total. The summed E-state index contributed by atoms with van der Waals surface area (Å²) in [6, 6.07) is 0. The van der Waals surface area contributed by atoms with Crippen molar-refractivity contribution in [2.75, 3.05) is 39.9 Å². The summed E-state index contributed by atoms with van der Waals surface area (Å²) in [6.45, 7) is 5.25. The molecule has 1 amide bonds. The Balaban J connectivity index is 2.19. The zero-order chi connectivity index (χ0) is 13.4. The van der Waals surface area contributed by atoms with Crippen molar-refractivity contribution < 1.29 is 14.6 Å². The third kappa shape index (κ3) is 5.33. The molecule has 5 heteroatoms. The largest absolute Gasteiger partial charge is 0.390 e. The van der Waals surface area contributed by atoms with E-state index in [9.17, 15) is 9.90 Å². The van der Waals surface area contributed by atoms with Gasteiger partial charge in [-0.3, -0.25) is 4.79 Å². The van der Waals surface area contributed by atoms with Crippen molar-refractivity contribution in [1.82, 2.24) is 10.2 Å². The fraction of sp³-hybridized carbons (Fsp3) is 0.923. The molecule has 0 spiro atoms. The van der Waals surface area contributed by atoms with E-state index in [1.54, 1.807) is 12.0 Å². The van der Waals surface area contributed by atoms with Gasteiger partial charge in [-0.1, -0.05) is 13.3 Å². The SMILES string of the molecule is CCCC1CC(=O)N(CC(O)CNCCOC)C1. The van der Waals surface area contributed by atoms with Gasteiger partial charge in [0.15, 0.2) is 0 Å². The Bertz CT molecular complexity index is 248. The van der Waals surface area contributed by atoms with E-state index in [2.05, 4.69) is 12.2 Å². The van der Waals surface area contributed by atoms with Crippen LogP contribution in [0.5, 0.6) is 0 Å². The van der Waals surface area contributed by atoms with Crippen molar-refractivity contribution in [2.45, 2.75) is 32.3 Å². The lowest BCUT2D eigenvalue weighted by Gasteiger charge is -2.21. The Morgan fingerprint density at radius 2 is 2.39 bits per heavy atom. The Hall–Kier alpha value is -0.650. The van der Waals surface area contributed by atoms with Crippen molar-refractivity contribution in [1.29, 1.82) is 0 Å². The van der Waals surface area contributed by atoms with Gasteiger partial charge in [-0.25, -0.2) is 0 Å². The number of methoxy groups -OCH3 is 1. The predicted octanol–water partition coefficient (Wildman–Crippen LogP) is 0.232. The average Bonchev–Trinajstić information content (AvgIpc) is 2.66. The molecule has 1 heterocycles. The maximum absolute atomic E-state index is 11.7. The van der Waals surface area contributed by atoms with Gasteiger partial charge in [0.2, 0.25) is 5.91 Å². The van der Waals surface area contributed by atoms with Crippen LogP contribution in [0.3, 0.4) is 0 Å². The predicted molar refractivity (Wildman–Crippen MR) is 70.3 cm³/mol. The van der Waals surface area contributed by atoms with E-state index >= 15 is 0 Å². The number of nitrogens with one attached hydrogen (secondary N) is 1. The van der Waals surface area contributed by atoms with Crippen LogP contribution in [0.2, 0.25) is 0 Å². The van der Waals surface area contributed by atoms with Crippen LogP contribution in [0, 0.1) is 5.92 Å². The molecule has 1 saturated heterocycles. The number of rotatable bonds is 9. The third-order valence-corrected chi connectivity index (χ3v) is 3.29. The maximum Gasteiger partial charge on any atom is 0.223 e.